The van der Waals surface area contributed by atoms with Crippen LogP contribution in [0.25, 0.3) is 0 Å². The van der Waals surface area contributed by atoms with E-state index in [1.54, 1.807) is 6.92 Å². The molecule has 0 aromatic heterocycles. The number of amides is 2. The fourth-order valence-electron chi connectivity index (χ4n) is 2.73. The van der Waals surface area contributed by atoms with Crippen LogP contribution in [0.3, 0.4) is 0 Å². The number of ketones is 1. The zero-order chi connectivity index (χ0) is 27.8. The number of nitrogens with one attached hydrogen (secondary N) is 2. The fourth-order valence-corrected chi connectivity index (χ4v) is 2.73. The minimum absolute atomic E-state index is 0.123. The van der Waals surface area contributed by atoms with Crippen LogP contribution < -0.4 is 10.6 Å². The third kappa shape index (κ3) is 32.6. The van der Waals surface area contributed by atoms with E-state index in [0.717, 1.165) is 13.0 Å². The van der Waals surface area contributed by atoms with Crippen LogP contribution in [0.1, 0.15) is 39.5 Å². The van der Waals surface area contributed by atoms with Crippen LogP contribution in [0.15, 0.2) is 0 Å². The molecule has 2 N–H and O–H groups in total. The third-order valence-corrected chi connectivity index (χ3v) is 4.79. The van der Waals surface area contributed by atoms with Gasteiger partial charge < -0.3 is 48.5 Å². The molecule has 12 heteroatoms. The summed E-state index contributed by atoms with van der Waals surface area (Å²) in [5, 5.41) is 5.45. The molecule has 0 aliphatic carbocycles. The summed E-state index contributed by atoms with van der Waals surface area (Å²) in [6, 6.07) is -0.245. The summed E-state index contributed by atoms with van der Waals surface area (Å²) in [5.74, 6) is 0.123. The highest BCUT2D eigenvalue weighted by molar-refractivity contribution is 5.75. The Kier molecular flexibility index (Phi) is 30.7. The summed E-state index contributed by atoms with van der Waals surface area (Å²) in [6.07, 6.45) is 3.90. The largest absolute Gasteiger partial charge is 0.379 e. The van der Waals surface area contributed by atoms with Gasteiger partial charge in [0.05, 0.1) is 99.1 Å². The molecule has 0 aromatic carbocycles. The van der Waals surface area contributed by atoms with Crippen LogP contribution in [0.4, 0.5) is 4.79 Å². The summed E-state index contributed by atoms with van der Waals surface area (Å²) < 4.78 is 43.2. The van der Waals surface area contributed by atoms with Crippen molar-refractivity contribution >= 4 is 11.8 Å². The second-order valence-corrected chi connectivity index (χ2v) is 8.24. The quantitative estimate of drug-likeness (QED) is 0.122. The Labute approximate surface area is 228 Å². The van der Waals surface area contributed by atoms with Gasteiger partial charge in [0.15, 0.2) is 0 Å². The lowest BCUT2D eigenvalue weighted by molar-refractivity contribution is -0.118. The van der Waals surface area contributed by atoms with Gasteiger partial charge in [-0.2, -0.15) is 0 Å². The van der Waals surface area contributed by atoms with Crippen LogP contribution >= 0.6 is 0 Å². The summed E-state index contributed by atoms with van der Waals surface area (Å²) in [4.78, 5) is 22.4. The number of carbonyl (C=O) groups excluding carboxylic acids is 2. The molecule has 0 saturated heterocycles. The monoisotopic (exact) mass is 552 g/mol. The maximum Gasteiger partial charge on any atom is 0.314 e. The van der Waals surface area contributed by atoms with E-state index in [2.05, 4.69) is 17.6 Å². The maximum absolute atomic E-state index is 11.7. The van der Waals surface area contributed by atoms with Crippen molar-refractivity contribution in [1.82, 2.24) is 10.6 Å². The third-order valence-electron chi connectivity index (χ3n) is 4.79. The summed E-state index contributed by atoms with van der Waals surface area (Å²) in [5.41, 5.74) is 0. The molecule has 0 rings (SSSR count). The van der Waals surface area contributed by atoms with Crippen molar-refractivity contribution in [2.75, 3.05) is 119 Å². The zero-order valence-corrected chi connectivity index (χ0v) is 23.6. The average Bonchev–Trinajstić information content (AvgIpc) is 2.90. The van der Waals surface area contributed by atoms with E-state index in [4.69, 9.17) is 37.9 Å². The normalized spacial score (nSPS) is 11.1. The molecule has 0 heterocycles. The van der Waals surface area contributed by atoms with Gasteiger partial charge in [0.25, 0.3) is 0 Å². The first-order valence-corrected chi connectivity index (χ1v) is 13.8. The topological polar surface area (TPSA) is 132 Å². The van der Waals surface area contributed by atoms with Crippen molar-refractivity contribution in [3.63, 3.8) is 0 Å². The Hall–Kier alpha value is -1.38. The number of ether oxygens (including phenoxy) is 8. The van der Waals surface area contributed by atoms with E-state index < -0.39 is 0 Å². The molecular weight excluding hydrogens is 500 g/mol. The van der Waals surface area contributed by atoms with Crippen molar-refractivity contribution in [2.45, 2.75) is 39.5 Å². The van der Waals surface area contributed by atoms with Crippen molar-refractivity contribution in [2.24, 2.45) is 0 Å². The first-order chi connectivity index (χ1) is 18.7. The van der Waals surface area contributed by atoms with Gasteiger partial charge in [0.1, 0.15) is 5.78 Å². The first kappa shape index (κ1) is 36.6. The number of Topliss-reactive ketones (excluding diaryl/α,β-unsaturated/α-hetero) is 1. The highest BCUT2D eigenvalue weighted by Crippen LogP contribution is 1.93. The van der Waals surface area contributed by atoms with Gasteiger partial charge >= 0.3 is 6.03 Å². The summed E-state index contributed by atoms with van der Waals surface area (Å²) in [6.45, 7) is 12.5. The Morgan fingerprint density at radius 3 is 1.18 bits per heavy atom. The Morgan fingerprint density at radius 1 is 0.474 bits per heavy atom. The lowest BCUT2D eigenvalue weighted by atomic mass is 10.3. The van der Waals surface area contributed by atoms with Gasteiger partial charge in [0.2, 0.25) is 0 Å². The average molecular weight is 553 g/mol. The molecule has 12 nitrogen and oxygen atoms in total. The minimum atomic E-state index is -0.245. The predicted molar refractivity (Wildman–Crippen MR) is 143 cm³/mol. The second kappa shape index (κ2) is 31.8. The Balaban J connectivity index is 3.13. The van der Waals surface area contributed by atoms with E-state index >= 15 is 0 Å². The van der Waals surface area contributed by atoms with Crippen LogP contribution in [-0.2, 0) is 42.7 Å². The van der Waals surface area contributed by atoms with Crippen LogP contribution in [0, 0.1) is 0 Å². The highest BCUT2D eigenvalue weighted by atomic mass is 16.6. The molecule has 0 radical (unpaired) electrons. The van der Waals surface area contributed by atoms with Gasteiger partial charge in [-0.05, 0) is 13.3 Å². The molecule has 226 valence electrons. The van der Waals surface area contributed by atoms with Gasteiger partial charge in [0, 0.05) is 26.1 Å². The Morgan fingerprint density at radius 2 is 0.816 bits per heavy atom. The summed E-state index contributed by atoms with van der Waals surface area (Å²) >= 11 is 0. The first-order valence-electron chi connectivity index (χ1n) is 13.8. The number of hydrogen-bond acceptors (Lipinski definition) is 10. The number of carbonyl (C=O) groups is 2. The minimum Gasteiger partial charge on any atom is -0.379 e. The molecule has 2 amide bonds. The number of unbranched alkanes of at least 4 members (excludes halogenated alkanes) is 2. The van der Waals surface area contributed by atoms with Crippen LogP contribution in [-0.4, -0.2) is 131 Å². The van der Waals surface area contributed by atoms with E-state index in [9.17, 15) is 9.59 Å². The smallest absolute Gasteiger partial charge is 0.314 e. The summed E-state index contributed by atoms with van der Waals surface area (Å²) in [7, 11) is 0. The lowest BCUT2D eigenvalue weighted by Gasteiger charge is -2.09. The van der Waals surface area contributed by atoms with Crippen molar-refractivity contribution in [3.05, 3.63) is 0 Å². The predicted octanol–water partition coefficient (Wildman–Crippen LogP) is 1.59. The van der Waals surface area contributed by atoms with Crippen LogP contribution in [0.2, 0.25) is 0 Å². The van der Waals surface area contributed by atoms with Gasteiger partial charge in [-0.1, -0.05) is 19.8 Å². The molecule has 0 spiro atoms. The van der Waals surface area contributed by atoms with Gasteiger partial charge in [-0.25, -0.2) is 4.79 Å². The SMILES string of the molecule is CCCCCOCCOCCNC(=O)NCCOCCOCCOCCOCCOCCOCCC(C)=O. The number of rotatable bonds is 31. The van der Waals surface area contributed by atoms with E-state index in [-0.39, 0.29) is 11.8 Å². The molecule has 38 heavy (non-hydrogen) atoms. The molecule has 0 aliphatic rings. The van der Waals surface area contributed by atoms with Gasteiger partial charge in [-0.15, -0.1) is 0 Å². The molecule has 0 saturated carbocycles. The van der Waals surface area contributed by atoms with E-state index in [1.165, 1.54) is 12.8 Å². The van der Waals surface area contributed by atoms with Crippen molar-refractivity contribution in [3.8, 4) is 0 Å². The zero-order valence-electron chi connectivity index (χ0n) is 23.6. The molecule has 0 unspecified atom stereocenters. The molecule has 0 aromatic rings. The molecule has 0 fully saturated rings. The fraction of sp³-hybridized carbons (Fsp3) is 0.923. The van der Waals surface area contributed by atoms with Crippen molar-refractivity contribution < 1.29 is 47.5 Å². The second-order valence-electron chi connectivity index (χ2n) is 8.24. The molecule has 0 bridgehead atoms. The standard InChI is InChI=1S/C26H52N2O10/c1-3-4-5-9-31-13-15-33-11-7-27-26(30)28-8-12-34-16-18-36-20-22-38-24-23-37-21-19-35-17-14-32-10-6-25(2)29/h3-24H2,1-2H3,(H2,27,28,30). The van der Waals surface area contributed by atoms with E-state index in [0.29, 0.717) is 119 Å². The highest BCUT2D eigenvalue weighted by Gasteiger charge is 1.99. The van der Waals surface area contributed by atoms with E-state index in [1.807, 2.05) is 0 Å². The number of hydrogen-bond donors (Lipinski definition) is 2. The van der Waals surface area contributed by atoms with Crippen LogP contribution in [0.5, 0.6) is 0 Å². The van der Waals surface area contributed by atoms with Gasteiger partial charge in [-0.3, -0.25) is 4.79 Å². The van der Waals surface area contributed by atoms with Crippen molar-refractivity contribution in [1.29, 1.82) is 0 Å². The molecule has 0 aliphatic heterocycles. The lowest BCUT2D eigenvalue weighted by Crippen LogP contribution is -2.39. The maximum atomic E-state index is 11.7. The number of urea groups is 1. The molecular formula is C26H52N2O10. The Bertz CT molecular complexity index is 514. The molecule has 0 atom stereocenters.